The molecule has 0 radical (unpaired) electrons. The number of carboxylic acid groups (broad SMARTS) is 1. The summed E-state index contributed by atoms with van der Waals surface area (Å²) in [7, 11) is 0. The van der Waals surface area contributed by atoms with Gasteiger partial charge in [-0.05, 0) is 29.9 Å². The van der Waals surface area contributed by atoms with Gasteiger partial charge < -0.3 is 5.11 Å². The number of likely N-dealkylation sites (tertiary alicyclic amines) is 1. The minimum absolute atomic E-state index is 0. The second kappa shape index (κ2) is 7.20. The third kappa shape index (κ3) is 3.42. The Kier molecular flexibility index (Phi) is 5.76. The number of halogens is 2. The molecule has 1 N–H and O–H groups in total. The van der Waals surface area contributed by atoms with Crippen LogP contribution in [0.25, 0.3) is 0 Å². The van der Waals surface area contributed by atoms with Gasteiger partial charge in [0.15, 0.2) is 0 Å². The molecule has 122 valence electrons. The highest BCUT2D eigenvalue weighted by molar-refractivity contribution is 6.31. The Morgan fingerprint density at radius 3 is 2.59 bits per heavy atom. The molecule has 3 rings (SSSR count). The second-order valence-electron chi connectivity index (χ2n) is 6.57. The molecule has 1 aliphatic heterocycles. The van der Waals surface area contributed by atoms with E-state index in [0.717, 1.165) is 36.5 Å². The Morgan fingerprint density at radius 1 is 1.27 bits per heavy atom. The Bertz CT molecular complexity index is 529. The molecule has 0 amide bonds. The number of nitrogens with zero attached hydrogens (tertiary/aromatic N) is 1. The van der Waals surface area contributed by atoms with Crippen LogP contribution in [-0.4, -0.2) is 29.1 Å². The van der Waals surface area contributed by atoms with Gasteiger partial charge in [-0.3, -0.25) is 9.69 Å². The summed E-state index contributed by atoms with van der Waals surface area (Å²) in [6.07, 6.45) is 5.71. The van der Waals surface area contributed by atoms with Gasteiger partial charge in [-0.2, -0.15) is 0 Å². The van der Waals surface area contributed by atoms with Gasteiger partial charge >= 0.3 is 5.97 Å². The van der Waals surface area contributed by atoms with Gasteiger partial charge in [0.25, 0.3) is 0 Å². The number of benzene rings is 1. The van der Waals surface area contributed by atoms with Crippen LogP contribution in [0.4, 0.5) is 0 Å². The van der Waals surface area contributed by atoms with Crippen LogP contribution in [-0.2, 0) is 11.3 Å². The van der Waals surface area contributed by atoms with E-state index in [1.807, 2.05) is 24.3 Å². The lowest BCUT2D eigenvalue weighted by molar-refractivity contribution is -0.145. The van der Waals surface area contributed by atoms with E-state index in [2.05, 4.69) is 4.90 Å². The van der Waals surface area contributed by atoms with Crippen molar-refractivity contribution in [1.29, 1.82) is 0 Å². The number of hydrogen-bond acceptors (Lipinski definition) is 2. The average Bonchev–Trinajstić information content (AvgIpc) is 2.80. The molecule has 3 nitrogen and oxygen atoms in total. The van der Waals surface area contributed by atoms with Crippen LogP contribution in [0.3, 0.4) is 0 Å². The maximum Gasteiger partial charge on any atom is 0.308 e. The molecule has 1 saturated heterocycles. The summed E-state index contributed by atoms with van der Waals surface area (Å²) in [5.41, 5.74) is 1.09. The lowest BCUT2D eigenvalue weighted by Gasteiger charge is -2.36. The van der Waals surface area contributed by atoms with Crippen LogP contribution >= 0.6 is 24.0 Å². The molecule has 2 aliphatic rings. The first-order chi connectivity index (χ1) is 10.1. The fourth-order valence-electron chi connectivity index (χ4n) is 4.16. The zero-order chi connectivity index (χ0) is 14.9. The van der Waals surface area contributed by atoms with E-state index in [9.17, 15) is 9.90 Å². The molecule has 1 saturated carbocycles. The van der Waals surface area contributed by atoms with E-state index < -0.39 is 5.97 Å². The molecule has 1 aromatic carbocycles. The van der Waals surface area contributed by atoms with Crippen molar-refractivity contribution < 1.29 is 9.90 Å². The summed E-state index contributed by atoms with van der Waals surface area (Å²) in [4.78, 5) is 14.0. The van der Waals surface area contributed by atoms with Crippen LogP contribution in [0.1, 0.15) is 37.7 Å². The largest absolute Gasteiger partial charge is 0.481 e. The molecule has 1 aromatic rings. The molecule has 5 heteroatoms. The van der Waals surface area contributed by atoms with Crippen molar-refractivity contribution in [2.45, 2.75) is 38.6 Å². The van der Waals surface area contributed by atoms with Gasteiger partial charge in [0, 0.05) is 24.7 Å². The summed E-state index contributed by atoms with van der Waals surface area (Å²) >= 11 is 6.24. The summed E-state index contributed by atoms with van der Waals surface area (Å²) in [6, 6.07) is 7.85. The molecule has 1 atom stereocenters. The Balaban J connectivity index is 0.00000176. The van der Waals surface area contributed by atoms with Crippen molar-refractivity contribution in [1.82, 2.24) is 4.90 Å². The zero-order valence-electron chi connectivity index (χ0n) is 12.6. The van der Waals surface area contributed by atoms with Crippen LogP contribution in [0.15, 0.2) is 24.3 Å². The summed E-state index contributed by atoms with van der Waals surface area (Å²) in [5.74, 6) is -0.848. The Labute approximate surface area is 143 Å². The molecule has 1 unspecified atom stereocenters. The van der Waals surface area contributed by atoms with Crippen molar-refractivity contribution >= 4 is 30.0 Å². The van der Waals surface area contributed by atoms with Crippen LogP contribution in [0, 0.1) is 11.3 Å². The van der Waals surface area contributed by atoms with Crippen molar-refractivity contribution in [2.75, 3.05) is 13.1 Å². The number of hydrogen-bond donors (Lipinski definition) is 1. The molecule has 0 bridgehead atoms. The Morgan fingerprint density at radius 2 is 1.95 bits per heavy atom. The summed E-state index contributed by atoms with van der Waals surface area (Å²) < 4.78 is 0. The standard InChI is InChI=1S/C17H22ClNO2.ClH/c18-15-7-3-2-6-13(15)10-19-11-14(16(20)21)17(12-19)8-4-1-5-9-17;/h2-3,6-7,14H,1,4-5,8-12H2,(H,20,21);1H. The van der Waals surface area contributed by atoms with Gasteiger partial charge in [0.1, 0.15) is 0 Å². The third-order valence-corrected chi connectivity index (χ3v) is 5.59. The quantitative estimate of drug-likeness (QED) is 0.892. The smallest absolute Gasteiger partial charge is 0.308 e. The van der Waals surface area contributed by atoms with Crippen LogP contribution in [0.2, 0.25) is 5.02 Å². The number of aliphatic carboxylic acids is 1. The highest BCUT2D eigenvalue weighted by atomic mass is 35.5. The molecule has 1 aliphatic carbocycles. The fraction of sp³-hybridized carbons (Fsp3) is 0.588. The lowest BCUT2D eigenvalue weighted by Crippen LogP contribution is -2.36. The molecule has 1 heterocycles. The SMILES string of the molecule is Cl.O=C(O)C1CN(Cc2ccccc2Cl)CC12CCCCC2. The number of carboxylic acids is 1. The molecular formula is C17H23Cl2NO2. The van der Waals surface area contributed by atoms with Gasteiger partial charge in [-0.1, -0.05) is 49.1 Å². The van der Waals surface area contributed by atoms with Crippen molar-refractivity contribution in [3.8, 4) is 0 Å². The first kappa shape index (κ1) is 17.6. The highest BCUT2D eigenvalue weighted by Gasteiger charge is 2.50. The predicted molar refractivity (Wildman–Crippen MR) is 90.6 cm³/mol. The third-order valence-electron chi connectivity index (χ3n) is 5.22. The summed E-state index contributed by atoms with van der Waals surface area (Å²) in [5, 5.41) is 10.4. The van der Waals surface area contributed by atoms with Gasteiger partial charge in [-0.25, -0.2) is 0 Å². The molecular weight excluding hydrogens is 321 g/mol. The maximum atomic E-state index is 11.7. The predicted octanol–water partition coefficient (Wildman–Crippen LogP) is 4.23. The first-order valence-electron chi connectivity index (χ1n) is 7.79. The van der Waals surface area contributed by atoms with E-state index in [1.54, 1.807) is 0 Å². The highest BCUT2D eigenvalue weighted by Crippen LogP contribution is 2.48. The van der Waals surface area contributed by atoms with Gasteiger partial charge in [0.05, 0.1) is 5.92 Å². The fourth-order valence-corrected chi connectivity index (χ4v) is 4.36. The van der Waals surface area contributed by atoms with Crippen molar-refractivity contribution in [2.24, 2.45) is 11.3 Å². The number of carbonyl (C=O) groups is 1. The van der Waals surface area contributed by atoms with Gasteiger partial charge in [-0.15, -0.1) is 12.4 Å². The van der Waals surface area contributed by atoms with E-state index in [0.29, 0.717) is 6.54 Å². The molecule has 0 aromatic heterocycles. The first-order valence-corrected chi connectivity index (χ1v) is 8.17. The van der Waals surface area contributed by atoms with Gasteiger partial charge in [0.2, 0.25) is 0 Å². The van der Waals surface area contributed by atoms with E-state index in [4.69, 9.17) is 11.6 Å². The van der Waals surface area contributed by atoms with Crippen molar-refractivity contribution in [3.63, 3.8) is 0 Å². The summed E-state index contributed by atoms with van der Waals surface area (Å²) in [6.45, 7) is 2.31. The molecule has 22 heavy (non-hydrogen) atoms. The minimum atomic E-state index is -0.626. The molecule has 2 fully saturated rings. The lowest BCUT2D eigenvalue weighted by atomic mass is 9.68. The average molecular weight is 344 g/mol. The van der Waals surface area contributed by atoms with E-state index in [-0.39, 0.29) is 23.7 Å². The molecule has 1 spiro atoms. The zero-order valence-corrected chi connectivity index (χ0v) is 14.2. The van der Waals surface area contributed by atoms with Crippen LogP contribution in [0.5, 0.6) is 0 Å². The topological polar surface area (TPSA) is 40.5 Å². The second-order valence-corrected chi connectivity index (χ2v) is 6.98. The maximum absolute atomic E-state index is 11.7. The van der Waals surface area contributed by atoms with Crippen molar-refractivity contribution in [3.05, 3.63) is 34.9 Å². The Hall–Kier alpha value is -0.770. The minimum Gasteiger partial charge on any atom is -0.481 e. The van der Waals surface area contributed by atoms with E-state index >= 15 is 0 Å². The monoisotopic (exact) mass is 343 g/mol. The normalized spacial score (nSPS) is 24.1. The van der Waals surface area contributed by atoms with E-state index in [1.165, 1.54) is 19.3 Å². The van der Waals surface area contributed by atoms with Crippen LogP contribution < -0.4 is 0 Å². The number of rotatable bonds is 3.